The average Bonchev–Trinajstić information content (AvgIpc) is 3.58. The van der Waals surface area contributed by atoms with Crippen LogP contribution in [0.2, 0.25) is 0 Å². The van der Waals surface area contributed by atoms with Crippen molar-refractivity contribution in [2.75, 3.05) is 38.6 Å². The maximum Gasteiger partial charge on any atom is 0.322 e. The molecule has 4 rings (SSSR count). The molecule has 2 aromatic rings. The van der Waals surface area contributed by atoms with Gasteiger partial charge in [-0.25, -0.2) is 17.9 Å². The maximum absolute atomic E-state index is 12.8. The molecule has 0 atom stereocenters. The number of carbonyl (C=O) groups excluding carboxylic acids is 1. The number of hydrogen-bond donors (Lipinski definition) is 2. The molecule has 0 bridgehead atoms. The van der Waals surface area contributed by atoms with E-state index in [-0.39, 0.29) is 17.0 Å². The predicted molar refractivity (Wildman–Crippen MR) is 116 cm³/mol. The molecular weight excluding hydrogens is 418 g/mol. The third kappa shape index (κ3) is 5.52. The van der Waals surface area contributed by atoms with E-state index in [9.17, 15) is 13.2 Å². The summed E-state index contributed by atoms with van der Waals surface area (Å²) < 4.78 is 33.0. The van der Waals surface area contributed by atoms with Crippen molar-refractivity contribution < 1.29 is 17.9 Å². The van der Waals surface area contributed by atoms with Gasteiger partial charge in [0.2, 0.25) is 10.0 Å². The van der Waals surface area contributed by atoms with E-state index in [0.29, 0.717) is 24.5 Å². The number of nitrogens with zero attached hydrogens (tertiary/aromatic N) is 3. The molecule has 1 saturated heterocycles. The van der Waals surface area contributed by atoms with Crippen molar-refractivity contribution in [3.8, 4) is 5.75 Å². The lowest BCUT2D eigenvalue weighted by Crippen LogP contribution is -2.49. The van der Waals surface area contributed by atoms with Crippen molar-refractivity contribution in [1.82, 2.24) is 19.5 Å². The number of benzene rings is 1. The Morgan fingerprint density at radius 3 is 2.61 bits per heavy atom. The Hall–Kier alpha value is -2.69. The second-order valence-corrected chi connectivity index (χ2v) is 9.53. The van der Waals surface area contributed by atoms with Crippen molar-refractivity contribution in [2.45, 2.75) is 30.3 Å². The summed E-state index contributed by atoms with van der Waals surface area (Å²) in [4.78, 5) is 21.1. The van der Waals surface area contributed by atoms with Gasteiger partial charge in [0, 0.05) is 51.2 Å². The molecule has 2 heterocycles. The average molecular weight is 446 g/mol. The van der Waals surface area contributed by atoms with Crippen LogP contribution in [0.15, 0.2) is 47.6 Å². The molecule has 10 heteroatoms. The number of pyridine rings is 1. The Bertz CT molecular complexity index is 1020. The molecule has 2 N–H and O–H groups in total. The van der Waals surface area contributed by atoms with Crippen LogP contribution in [0.4, 0.5) is 10.5 Å². The van der Waals surface area contributed by atoms with E-state index in [1.165, 1.54) is 19.2 Å². The van der Waals surface area contributed by atoms with Gasteiger partial charge in [0.05, 0.1) is 17.7 Å². The lowest BCUT2D eigenvalue weighted by Gasteiger charge is -2.34. The first-order valence-electron chi connectivity index (χ1n) is 10.3. The lowest BCUT2D eigenvalue weighted by atomic mass is 10.2. The van der Waals surface area contributed by atoms with Gasteiger partial charge in [-0.1, -0.05) is 6.07 Å². The molecule has 0 unspecified atom stereocenters. The van der Waals surface area contributed by atoms with Crippen molar-refractivity contribution in [2.24, 2.45) is 0 Å². The summed E-state index contributed by atoms with van der Waals surface area (Å²) in [6.07, 6.45) is 5.31. The van der Waals surface area contributed by atoms with Crippen molar-refractivity contribution >= 4 is 21.7 Å². The number of ether oxygens (including phenoxy) is 1. The highest BCUT2D eigenvalue weighted by atomic mass is 32.2. The molecule has 1 saturated carbocycles. The Labute approximate surface area is 182 Å². The highest BCUT2D eigenvalue weighted by molar-refractivity contribution is 7.89. The highest BCUT2D eigenvalue weighted by Crippen LogP contribution is 2.29. The number of methoxy groups -OCH3 is 1. The summed E-state index contributed by atoms with van der Waals surface area (Å²) in [5.74, 6) is 0.411. The summed E-state index contributed by atoms with van der Waals surface area (Å²) in [5, 5.41) is 2.82. The molecule has 2 fully saturated rings. The second-order valence-electron chi connectivity index (χ2n) is 7.81. The number of aromatic nitrogens is 1. The fourth-order valence-electron chi connectivity index (χ4n) is 3.49. The zero-order chi connectivity index (χ0) is 21.8. The van der Waals surface area contributed by atoms with Gasteiger partial charge in [0.15, 0.2) is 0 Å². The van der Waals surface area contributed by atoms with Crippen LogP contribution < -0.4 is 14.8 Å². The number of rotatable bonds is 7. The van der Waals surface area contributed by atoms with Crippen LogP contribution in [0.3, 0.4) is 0 Å². The van der Waals surface area contributed by atoms with Crippen LogP contribution >= 0.6 is 0 Å². The largest absolute Gasteiger partial charge is 0.495 e. The molecule has 166 valence electrons. The molecule has 0 spiro atoms. The van der Waals surface area contributed by atoms with E-state index in [1.54, 1.807) is 17.2 Å². The number of piperazine rings is 1. The summed E-state index contributed by atoms with van der Waals surface area (Å²) in [5.41, 5.74) is 1.48. The molecule has 1 aromatic carbocycles. The van der Waals surface area contributed by atoms with Gasteiger partial charge < -0.3 is 15.0 Å². The summed E-state index contributed by atoms with van der Waals surface area (Å²) in [7, 11) is -2.14. The van der Waals surface area contributed by atoms with Crippen LogP contribution in [0.1, 0.15) is 18.4 Å². The van der Waals surface area contributed by atoms with Gasteiger partial charge in [0.1, 0.15) is 5.75 Å². The lowest BCUT2D eigenvalue weighted by molar-refractivity contribution is 0.143. The molecule has 1 aliphatic heterocycles. The monoisotopic (exact) mass is 445 g/mol. The number of sulfonamides is 1. The van der Waals surface area contributed by atoms with Crippen LogP contribution in [0.5, 0.6) is 5.75 Å². The predicted octanol–water partition coefficient (Wildman–Crippen LogP) is 1.88. The standard InChI is InChI=1S/C21H27N5O4S/c1-30-20-7-6-18(31(28,29)24-17-4-5-17)13-19(20)23-21(27)26-11-9-25(10-12-26)15-16-3-2-8-22-14-16/h2-3,6-8,13-14,17,24H,4-5,9-12,15H2,1H3,(H,23,27). The number of amides is 2. The quantitative estimate of drug-likeness (QED) is 0.675. The SMILES string of the molecule is COc1ccc(S(=O)(=O)NC2CC2)cc1NC(=O)N1CCN(Cc2cccnc2)CC1. The Morgan fingerprint density at radius 2 is 1.97 bits per heavy atom. The van der Waals surface area contributed by atoms with Gasteiger partial charge in [-0.3, -0.25) is 9.88 Å². The zero-order valence-electron chi connectivity index (χ0n) is 17.5. The summed E-state index contributed by atoms with van der Waals surface area (Å²) in [6, 6.07) is 8.18. The molecule has 1 aliphatic carbocycles. The molecule has 9 nitrogen and oxygen atoms in total. The van der Waals surface area contributed by atoms with E-state index >= 15 is 0 Å². The van der Waals surface area contributed by atoms with E-state index < -0.39 is 10.0 Å². The Kier molecular flexibility index (Phi) is 6.40. The maximum atomic E-state index is 12.8. The molecule has 1 aromatic heterocycles. The minimum absolute atomic E-state index is 0.00751. The van der Waals surface area contributed by atoms with E-state index in [0.717, 1.165) is 38.0 Å². The first-order chi connectivity index (χ1) is 14.9. The third-order valence-corrected chi connectivity index (χ3v) is 6.93. The van der Waals surface area contributed by atoms with Crippen LogP contribution in [0.25, 0.3) is 0 Å². The fraction of sp³-hybridized carbons (Fsp3) is 0.429. The molecule has 31 heavy (non-hydrogen) atoms. The van der Waals surface area contributed by atoms with Crippen LogP contribution in [0, 0.1) is 0 Å². The van der Waals surface area contributed by atoms with Gasteiger partial charge >= 0.3 is 6.03 Å². The van der Waals surface area contributed by atoms with Gasteiger partial charge in [-0.15, -0.1) is 0 Å². The van der Waals surface area contributed by atoms with Crippen molar-refractivity contribution in [3.05, 3.63) is 48.3 Å². The smallest absolute Gasteiger partial charge is 0.322 e. The fourth-order valence-corrected chi connectivity index (χ4v) is 4.82. The van der Waals surface area contributed by atoms with Gasteiger partial charge in [-0.05, 0) is 42.7 Å². The molecule has 2 amide bonds. The van der Waals surface area contributed by atoms with E-state index in [4.69, 9.17) is 4.74 Å². The zero-order valence-corrected chi connectivity index (χ0v) is 18.3. The molecule has 2 aliphatic rings. The number of carbonyl (C=O) groups is 1. The topological polar surface area (TPSA) is 104 Å². The Morgan fingerprint density at radius 1 is 1.19 bits per heavy atom. The summed E-state index contributed by atoms with van der Waals surface area (Å²) >= 11 is 0. The molecule has 0 radical (unpaired) electrons. The number of anilines is 1. The van der Waals surface area contributed by atoms with Gasteiger partial charge in [-0.2, -0.15) is 0 Å². The third-order valence-electron chi connectivity index (χ3n) is 5.41. The van der Waals surface area contributed by atoms with Crippen molar-refractivity contribution in [1.29, 1.82) is 0 Å². The number of hydrogen-bond acceptors (Lipinski definition) is 6. The number of nitrogens with one attached hydrogen (secondary N) is 2. The summed E-state index contributed by atoms with van der Waals surface area (Å²) in [6.45, 7) is 3.45. The Balaban J connectivity index is 1.38. The first kappa shape index (κ1) is 21.5. The van der Waals surface area contributed by atoms with Crippen LogP contribution in [-0.4, -0.2) is 68.6 Å². The molecular formula is C21H27N5O4S. The normalized spacial score (nSPS) is 17.4. The van der Waals surface area contributed by atoms with Crippen LogP contribution in [-0.2, 0) is 16.6 Å². The van der Waals surface area contributed by atoms with Gasteiger partial charge in [0.25, 0.3) is 0 Å². The minimum atomic E-state index is -3.62. The second kappa shape index (κ2) is 9.21. The van der Waals surface area contributed by atoms with E-state index in [2.05, 4.69) is 19.9 Å². The minimum Gasteiger partial charge on any atom is -0.495 e. The first-order valence-corrected chi connectivity index (χ1v) is 11.8. The highest BCUT2D eigenvalue weighted by Gasteiger charge is 2.29. The van der Waals surface area contributed by atoms with Crippen molar-refractivity contribution in [3.63, 3.8) is 0 Å². The number of urea groups is 1. The van der Waals surface area contributed by atoms with E-state index in [1.807, 2.05) is 18.3 Å².